The summed E-state index contributed by atoms with van der Waals surface area (Å²) < 4.78 is 0. The van der Waals surface area contributed by atoms with Crippen LogP contribution in [-0.4, -0.2) is 49.5 Å². The fraction of sp³-hybridized carbons (Fsp3) is 0.375. The Labute approximate surface area is 142 Å². The second-order valence-electron chi connectivity index (χ2n) is 5.65. The lowest BCUT2D eigenvalue weighted by atomic mass is 10.1. The standard InChI is InChI=1S/C16H17N3O4S/c20-13(14-4-2-6-24-14)7-10-3-1-5-19(10)15(21)11-8-18-12(9-17-11)16(22)23/h2,4,6,8-10,13,20H,1,3,5,7H2,(H,22,23). The third-order valence-corrected chi connectivity index (χ3v) is 5.07. The van der Waals surface area contributed by atoms with Crippen LogP contribution in [0, 0.1) is 0 Å². The van der Waals surface area contributed by atoms with Crippen LogP contribution < -0.4 is 0 Å². The maximum Gasteiger partial charge on any atom is 0.356 e. The van der Waals surface area contributed by atoms with Gasteiger partial charge >= 0.3 is 5.97 Å². The Kier molecular flexibility index (Phi) is 4.86. The molecular formula is C16H17N3O4S. The van der Waals surface area contributed by atoms with E-state index < -0.39 is 12.1 Å². The Bertz CT molecular complexity index is 717. The highest BCUT2D eigenvalue weighted by Crippen LogP contribution is 2.30. The molecule has 1 aliphatic rings. The van der Waals surface area contributed by atoms with E-state index in [0.29, 0.717) is 13.0 Å². The number of rotatable bonds is 5. The lowest BCUT2D eigenvalue weighted by Crippen LogP contribution is -2.37. The van der Waals surface area contributed by atoms with Crippen molar-refractivity contribution in [3.8, 4) is 0 Å². The van der Waals surface area contributed by atoms with Gasteiger partial charge in [0.2, 0.25) is 0 Å². The third kappa shape index (κ3) is 3.44. The van der Waals surface area contributed by atoms with Gasteiger partial charge in [0.25, 0.3) is 5.91 Å². The van der Waals surface area contributed by atoms with Crippen LogP contribution in [-0.2, 0) is 0 Å². The number of likely N-dealkylation sites (tertiary alicyclic amines) is 1. The molecule has 2 aromatic rings. The van der Waals surface area contributed by atoms with Crippen molar-refractivity contribution < 1.29 is 19.8 Å². The molecule has 0 spiro atoms. The molecule has 0 saturated carbocycles. The maximum absolute atomic E-state index is 12.6. The number of thiophene rings is 1. The van der Waals surface area contributed by atoms with Crippen molar-refractivity contribution in [2.45, 2.75) is 31.4 Å². The molecule has 1 aliphatic heterocycles. The number of aromatic nitrogens is 2. The zero-order chi connectivity index (χ0) is 17.1. The molecule has 0 bridgehead atoms. The van der Waals surface area contributed by atoms with Gasteiger partial charge in [0, 0.05) is 17.5 Å². The number of aromatic carboxylic acids is 1. The van der Waals surface area contributed by atoms with Crippen molar-refractivity contribution in [3.63, 3.8) is 0 Å². The number of nitrogens with zero attached hydrogens (tertiary/aromatic N) is 3. The van der Waals surface area contributed by atoms with Crippen LogP contribution in [0.25, 0.3) is 0 Å². The fourth-order valence-corrected chi connectivity index (χ4v) is 3.62. The van der Waals surface area contributed by atoms with Crippen molar-refractivity contribution in [1.82, 2.24) is 14.9 Å². The summed E-state index contributed by atoms with van der Waals surface area (Å²) in [5.74, 6) is -1.46. The number of aliphatic hydroxyl groups is 1. The lowest BCUT2D eigenvalue weighted by molar-refractivity contribution is 0.0654. The van der Waals surface area contributed by atoms with E-state index in [0.717, 1.165) is 23.9 Å². The number of amides is 1. The summed E-state index contributed by atoms with van der Waals surface area (Å²) in [6, 6.07) is 3.71. The number of hydrogen-bond acceptors (Lipinski definition) is 6. The average Bonchev–Trinajstić information content (AvgIpc) is 3.26. The number of aliphatic hydroxyl groups excluding tert-OH is 1. The molecule has 8 heteroatoms. The van der Waals surface area contributed by atoms with Gasteiger partial charge in [0.1, 0.15) is 5.69 Å². The summed E-state index contributed by atoms with van der Waals surface area (Å²) in [7, 11) is 0. The van der Waals surface area contributed by atoms with E-state index in [2.05, 4.69) is 9.97 Å². The van der Waals surface area contributed by atoms with Crippen molar-refractivity contribution in [2.75, 3.05) is 6.54 Å². The Morgan fingerprint density at radius 1 is 1.33 bits per heavy atom. The molecule has 1 saturated heterocycles. The van der Waals surface area contributed by atoms with Crippen LogP contribution >= 0.6 is 11.3 Å². The van der Waals surface area contributed by atoms with Crippen LogP contribution in [0.5, 0.6) is 0 Å². The van der Waals surface area contributed by atoms with Gasteiger partial charge in [-0.25, -0.2) is 14.8 Å². The SMILES string of the molecule is O=C(O)c1cnc(C(=O)N2CCCC2CC(O)c2cccs2)cn1. The van der Waals surface area contributed by atoms with Gasteiger partial charge in [-0.1, -0.05) is 6.07 Å². The molecule has 24 heavy (non-hydrogen) atoms. The molecule has 126 valence electrons. The first kappa shape index (κ1) is 16.5. The second-order valence-corrected chi connectivity index (χ2v) is 6.63. The molecule has 3 rings (SSSR count). The Hall–Kier alpha value is -2.32. The molecule has 0 aromatic carbocycles. The van der Waals surface area contributed by atoms with Gasteiger partial charge in [0.05, 0.1) is 18.5 Å². The molecular weight excluding hydrogens is 330 g/mol. The zero-order valence-corrected chi connectivity index (χ0v) is 13.6. The normalized spacial score (nSPS) is 18.5. The van der Waals surface area contributed by atoms with E-state index in [4.69, 9.17) is 5.11 Å². The van der Waals surface area contributed by atoms with E-state index >= 15 is 0 Å². The van der Waals surface area contributed by atoms with E-state index in [1.54, 1.807) is 4.90 Å². The number of carbonyl (C=O) groups is 2. The number of carboxylic acids is 1. The topological polar surface area (TPSA) is 104 Å². The van der Waals surface area contributed by atoms with Crippen LogP contribution in [0.2, 0.25) is 0 Å². The summed E-state index contributed by atoms with van der Waals surface area (Å²) in [6.07, 6.45) is 3.86. The van der Waals surface area contributed by atoms with Gasteiger partial charge in [-0.15, -0.1) is 11.3 Å². The molecule has 2 atom stereocenters. The molecule has 1 fully saturated rings. The quantitative estimate of drug-likeness (QED) is 0.857. The number of carboxylic acid groups (broad SMARTS) is 1. The molecule has 2 N–H and O–H groups in total. The summed E-state index contributed by atoms with van der Waals surface area (Å²) >= 11 is 1.49. The minimum absolute atomic E-state index is 0.0597. The van der Waals surface area contributed by atoms with Gasteiger partial charge in [-0.3, -0.25) is 4.79 Å². The van der Waals surface area contributed by atoms with Crippen molar-refractivity contribution in [2.24, 2.45) is 0 Å². The first-order valence-corrected chi connectivity index (χ1v) is 8.52. The van der Waals surface area contributed by atoms with E-state index in [-0.39, 0.29) is 23.3 Å². The van der Waals surface area contributed by atoms with Gasteiger partial charge in [0.15, 0.2) is 5.69 Å². The summed E-state index contributed by atoms with van der Waals surface area (Å²) in [5, 5.41) is 21.1. The largest absolute Gasteiger partial charge is 0.476 e. The lowest BCUT2D eigenvalue weighted by Gasteiger charge is -2.26. The Morgan fingerprint density at radius 2 is 2.08 bits per heavy atom. The summed E-state index contributed by atoms with van der Waals surface area (Å²) in [5.41, 5.74) is -0.0739. The zero-order valence-electron chi connectivity index (χ0n) is 12.8. The Morgan fingerprint density at radius 3 is 2.71 bits per heavy atom. The predicted octanol–water partition coefficient (Wildman–Crippen LogP) is 1.96. The molecule has 0 radical (unpaired) electrons. The van der Waals surface area contributed by atoms with Crippen molar-refractivity contribution in [3.05, 3.63) is 46.2 Å². The molecule has 1 amide bonds. The molecule has 2 unspecified atom stereocenters. The van der Waals surface area contributed by atoms with Gasteiger partial charge in [-0.05, 0) is 30.7 Å². The highest BCUT2D eigenvalue weighted by Gasteiger charge is 2.32. The van der Waals surface area contributed by atoms with Crippen LogP contribution in [0.4, 0.5) is 0 Å². The highest BCUT2D eigenvalue weighted by molar-refractivity contribution is 7.10. The van der Waals surface area contributed by atoms with E-state index in [1.165, 1.54) is 17.5 Å². The van der Waals surface area contributed by atoms with Crippen molar-refractivity contribution >= 4 is 23.2 Å². The molecule has 7 nitrogen and oxygen atoms in total. The molecule has 3 heterocycles. The smallest absolute Gasteiger partial charge is 0.356 e. The maximum atomic E-state index is 12.6. The summed E-state index contributed by atoms with van der Waals surface area (Å²) in [4.78, 5) is 33.6. The monoisotopic (exact) mass is 347 g/mol. The van der Waals surface area contributed by atoms with Crippen LogP contribution in [0.15, 0.2) is 29.9 Å². The first-order chi connectivity index (χ1) is 11.6. The van der Waals surface area contributed by atoms with E-state index in [9.17, 15) is 14.7 Å². The molecule has 2 aromatic heterocycles. The third-order valence-electron chi connectivity index (χ3n) is 4.10. The van der Waals surface area contributed by atoms with Crippen molar-refractivity contribution in [1.29, 1.82) is 0 Å². The van der Waals surface area contributed by atoms with Crippen LogP contribution in [0.3, 0.4) is 0 Å². The fourth-order valence-electron chi connectivity index (χ4n) is 2.90. The van der Waals surface area contributed by atoms with E-state index in [1.807, 2.05) is 17.5 Å². The van der Waals surface area contributed by atoms with Gasteiger partial charge in [-0.2, -0.15) is 0 Å². The summed E-state index contributed by atoms with van der Waals surface area (Å²) in [6.45, 7) is 0.600. The second kappa shape index (κ2) is 7.06. The minimum Gasteiger partial charge on any atom is -0.476 e. The highest BCUT2D eigenvalue weighted by atomic mass is 32.1. The molecule has 0 aliphatic carbocycles. The number of carbonyl (C=O) groups excluding carboxylic acids is 1. The predicted molar refractivity (Wildman–Crippen MR) is 86.9 cm³/mol. The number of hydrogen-bond donors (Lipinski definition) is 2. The average molecular weight is 347 g/mol. The Balaban J connectivity index is 1.70. The minimum atomic E-state index is -1.18. The van der Waals surface area contributed by atoms with Crippen LogP contribution in [0.1, 0.15) is 51.2 Å². The first-order valence-electron chi connectivity index (χ1n) is 7.64. The van der Waals surface area contributed by atoms with Gasteiger partial charge < -0.3 is 15.1 Å².